The summed E-state index contributed by atoms with van der Waals surface area (Å²) in [7, 11) is 0. The first-order valence-electron chi connectivity index (χ1n) is 6.95. The molecule has 0 amide bonds. The van der Waals surface area contributed by atoms with E-state index < -0.39 is 11.9 Å². The molecule has 1 atom stereocenters. The number of benzene rings is 1. The highest BCUT2D eigenvalue weighted by molar-refractivity contribution is 5.34. The molecule has 1 rings (SSSR count). The summed E-state index contributed by atoms with van der Waals surface area (Å²) in [6, 6.07) is 4.80. The number of hydrogen-bond donors (Lipinski definition) is 2. The van der Waals surface area contributed by atoms with Gasteiger partial charge in [0, 0.05) is 12.1 Å². The van der Waals surface area contributed by atoms with Gasteiger partial charge in [0.05, 0.1) is 12.7 Å². The van der Waals surface area contributed by atoms with E-state index in [2.05, 4.69) is 5.32 Å². The summed E-state index contributed by atoms with van der Waals surface area (Å²) in [6.45, 7) is 7.26. The molecule has 0 spiro atoms. The Kier molecular flexibility index (Phi) is 7.51. The lowest BCUT2D eigenvalue weighted by Crippen LogP contribution is -2.26. The molecule has 1 aromatic rings. The normalized spacial score (nSPS) is 12.7. The first-order chi connectivity index (χ1) is 9.54. The molecule has 1 unspecified atom stereocenters. The van der Waals surface area contributed by atoms with Gasteiger partial charge in [-0.25, -0.2) is 4.39 Å². The summed E-state index contributed by atoms with van der Waals surface area (Å²) in [6.07, 6.45) is -0.730. The molecule has 0 fully saturated rings. The Morgan fingerprint density at radius 2 is 2.05 bits per heavy atom. The molecule has 0 aliphatic carbocycles. The van der Waals surface area contributed by atoms with E-state index in [1.54, 1.807) is 12.1 Å². The van der Waals surface area contributed by atoms with E-state index >= 15 is 0 Å². The Hall–Kier alpha value is -1.17. The highest BCUT2D eigenvalue weighted by atomic mass is 19.1. The third-order valence-corrected chi connectivity index (χ3v) is 2.66. The monoisotopic (exact) mass is 285 g/mol. The van der Waals surface area contributed by atoms with E-state index in [1.165, 1.54) is 6.07 Å². The fraction of sp³-hybridized carbons (Fsp3) is 0.600. The van der Waals surface area contributed by atoms with Crippen molar-refractivity contribution in [3.63, 3.8) is 0 Å². The lowest BCUT2D eigenvalue weighted by atomic mass is 10.2. The van der Waals surface area contributed by atoms with Crippen molar-refractivity contribution >= 4 is 0 Å². The average Bonchev–Trinajstić information content (AvgIpc) is 2.41. The lowest BCUT2D eigenvalue weighted by molar-refractivity contribution is -0.0129. The van der Waals surface area contributed by atoms with Gasteiger partial charge in [-0.15, -0.1) is 0 Å². The molecule has 0 radical (unpaired) electrons. The van der Waals surface area contributed by atoms with Gasteiger partial charge in [-0.3, -0.25) is 0 Å². The Balaban J connectivity index is 2.57. The molecule has 0 aliphatic heterocycles. The molecular formula is C15H24FNO3. The van der Waals surface area contributed by atoms with Crippen LogP contribution < -0.4 is 10.1 Å². The third-order valence-electron chi connectivity index (χ3n) is 2.66. The van der Waals surface area contributed by atoms with E-state index in [-0.39, 0.29) is 25.1 Å². The summed E-state index contributed by atoms with van der Waals surface area (Å²) in [4.78, 5) is 0. The van der Waals surface area contributed by atoms with Crippen molar-refractivity contribution in [2.24, 2.45) is 0 Å². The summed E-state index contributed by atoms with van der Waals surface area (Å²) in [5.41, 5.74) is 0.740. The maximum atomic E-state index is 13.8. The van der Waals surface area contributed by atoms with Crippen LogP contribution in [0.1, 0.15) is 26.3 Å². The molecule has 0 heterocycles. The molecule has 2 N–H and O–H groups in total. The van der Waals surface area contributed by atoms with Crippen molar-refractivity contribution in [3.05, 3.63) is 29.6 Å². The maximum Gasteiger partial charge on any atom is 0.165 e. The number of ether oxygens (including phenoxy) is 2. The summed E-state index contributed by atoms with van der Waals surface area (Å²) in [5, 5.41) is 12.9. The molecule has 4 nitrogen and oxygen atoms in total. The molecule has 114 valence electrons. The number of para-hydroxylation sites is 1. The predicted molar refractivity (Wildman–Crippen MR) is 76.4 cm³/mol. The molecule has 1 aromatic carbocycles. The standard InChI is InChI=1S/C15H24FNO3/c1-4-17-8-12-6-5-7-14(16)15(12)20-10-13(18)9-19-11(2)3/h5-7,11,13,17-18H,4,8-10H2,1-3H3. The Morgan fingerprint density at radius 3 is 2.70 bits per heavy atom. The van der Waals surface area contributed by atoms with E-state index in [0.717, 1.165) is 12.1 Å². The van der Waals surface area contributed by atoms with Gasteiger partial charge < -0.3 is 19.9 Å². The highest BCUT2D eigenvalue weighted by Crippen LogP contribution is 2.22. The topological polar surface area (TPSA) is 50.7 Å². The van der Waals surface area contributed by atoms with Gasteiger partial charge >= 0.3 is 0 Å². The van der Waals surface area contributed by atoms with Crippen LogP contribution in [0.25, 0.3) is 0 Å². The Bertz CT molecular complexity index is 399. The van der Waals surface area contributed by atoms with E-state index in [1.807, 2.05) is 20.8 Å². The Morgan fingerprint density at radius 1 is 1.30 bits per heavy atom. The molecule has 0 aliphatic rings. The quantitative estimate of drug-likeness (QED) is 0.729. The average molecular weight is 285 g/mol. The van der Waals surface area contributed by atoms with Gasteiger partial charge in [0.15, 0.2) is 11.6 Å². The van der Waals surface area contributed by atoms with Crippen molar-refractivity contribution in [1.82, 2.24) is 5.32 Å². The van der Waals surface area contributed by atoms with Crippen LogP contribution in [0.4, 0.5) is 4.39 Å². The van der Waals surface area contributed by atoms with Gasteiger partial charge in [-0.1, -0.05) is 19.1 Å². The fourth-order valence-electron chi connectivity index (χ4n) is 1.65. The zero-order valence-electron chi connectivity index (χ0n) is 12.4. The smallest absolute Gasteiger partial charge is 0.165 e. The van der Waals surface area contributed by atoms with Gasteiger partial charge in [0.1, 0.15) is 12.7 Å². The zero-order valence-corrected chi connectivity index (χ0v) is 12.4. The van der Waals surface area contributed by atoms with Crippen LogP contribution in [-0.2, 0) is 11.3 Å². The predicted octanol–water partition coefficient (Wildman–Crippen LogP) is 2.10. The second-order valence-corrected chi connectivity index (χ2v) is 4.86. The largest absolute Gasteiger partial charge is 0.487 e. The molecular weight excluding hydrogens is 261 g/mol. The van der Waals surface area contributed by atoms with Crippen molar-refractivity contribution in [3.8, 4) is 5.75 Å². The van der Waals surface area contributed by atoms with Crippen LogP contribution in [0.5, 0.6) is 5.75 Å². The lowest BCUT2D eigenvalue weighted by Gasteiger charge is -2.17. The number of aliphatic hydroxyl groups excluding tert-OH is 1. The van der Waals surface area contributed by atoms with Crippen molar-refractivity contribution < 1.29 is 19.0 Å². The SMILES string of the molecule is CCNCc1cccc(F)c1OCC(O)COC(C)C. The summed E-state index contributed by atoms with van der Waals surface area (Å²) in [5.74, 6) is -0.227. The van der Waals surface area contributed by atoms with E-state index in [9.17, 15) is 9.50 Å². The summed E-state index contributed by atoms with van der Waals surface area (Å²) >= 11 is 0. The van der Waals surface area contributed by atoms with Crippen LogP contribution in [-0.4, -0.2) is 37.1 Å². The van der Waals surface area contributed by atoms with Crippen molar-refractivity contribution in [2.75, 3.05) is 19.8 Å². The van der Waals surface area contributed by atoms with Crippen LogP contribution >= 0.6 is 0 Å². The first kappa shape index (κ1) is 16.9. The molecule has 20 heavy (non-hydrogen) atoms. The number of hydrogen-bond acceptors (Lipinski definition) is 4. The van der Waals surface area contributed by atoms with Gasteiger partial charge in [-0.05, 0) is 26.5 Å². The first-order valence-corrected chi connectivity index (χ1v) is 6.95. The third kappa shape index (κ3) is 5.86. The number of halogens is 1. The van der Waals surface area contributed by atoms with Crippen LogP contribution in [0.15, 0.2) is 18.2 Å². The van der Waals surface area contributed by atoms with E-state index in [4.69, 9.17) is 9.47 Å². The van der Waals surface area contributed by atoms with Gasteiger partial charge in [0.2, 0.25) is 0 Å². The number of rotatable bonds is 9. The maximum absolute atomic E-state index is 13.8. The van der Waals surface area contributed by atoms with Crippen LogP contribution in [0, 0.1) is 5.82 Å². The van der Waals surface area contributed by atoms with Crippen molar-refractivity contribution in [1.29, 1.82) is 0 Å². The van der Waals surface area contributed by atoms with Crippen LogP contribution in [0.2, 0.25) is 0 Å². The molecule has 0 saturated carbocycles. The highest BCUT2D eigenvalue weighted by Gasteiger charge is 2.13. The zero-order chi connectivity index (χ0) is 15.0. The Labute approximate surface area is 119 Å². The number of nitrogens with one attached hydrogen (secondary N) is 1. The number of aliphatic hydroxyl groups is 1. The minimum absolute atomic E-state index is 0.00672. The minimum atomic E-state index is -0.774. The minimum Gasteiger partial charge on any atom is -0.487 e. The molecule has 0 bridgehead atoms. The molecule has 0 aromatic heterocycles. The molecule has 5 heteroatoms. The second-order valence-electron chi connectivity index (χ2n) is 4.86. The van der Waals surface area contributed by atoms with Gasteiger partial charge in [-0.2, -0.15) is 0 Å². The van der Waals surface area contributed by atoms with Gasteiger partial charge in [0.25, 0.3) is 0 Å². The summed E-state index contributed by atoms with van der Waals surface area (Å²) < 4.78 is 24.5. The molecule has 0 saturated heterocycles. The second kappa shape index (κ2) is 8.89. The van der Waals surface area contributed by atoms with Crippen LogP contribution in [0.3, 0.4) is 0 Å². The van der Waals surface area contributed by atoms with Crippen molar-refractivity contribution in [2.45, 2.75) is 39.5 Å². The van der Waals surface area contributed by atoms with E-state index in [0.29, 0.717) is 6.54 Å². The fourth-order valence-corrected chi connectivity index (χ4v) is 1.65.